The average molecular weight is 472 g/mol. The van der Waals surface area contributed by atoms with Crippen molar-refractivity contribution in [3.63, 3.8) is 0 Å². The lowest BCUT2D eigenvalue weighted by molar-refractivity contribution is -0.112. The molecule has 0 bridgehead atoms. The summed E-state index contributed by atoms with van der Waals surface area (Å²) in [7, 11) is 0. The number of hydrogen-bond donors (Lipinski definition) is 3. The largest absolute Gasteiger partial charge is 0.379 e. The molecule has 0 atom stereocenters. The van der Waals surface area contributed by atoms with Gasteiger partial charge >= 0.3 is 0 Å². The number of amides is 2. The number of morpholine rings is 1. The molecule has 8 nitrogen and oxygen atoms in total. The Kier molecular flexibility index (Phi) is 7.01. The Balaban J connectivity index is 1.47. The fourth-order valence-electron chi connectivity index (χ4n) is 3.26. The van der Waals surface area contributed by atoms with E-state index < -0.39 is 11.8 Å². The number of rotatable bonds is 7. The zero-order valence-electron chi connectivity index (χ0n) is 17.1. The van der Waals surface area contributed by atoms with Gasteiger partial charge in [0.2, 0.25) is 0 Å². The summed E-state index contributed by atoms with van der Waals surface area (Å²) in [6.07, 6.45) is 1.64. The quantitative estimate of drug-likeness (QED) is 0.455. The van der Waals surface area contributed by atoms with Crippen LogP contribution in [-0.4, -0.2) is 54.5 Å². The van der Waals surface area contributed by atoms with E-state index in [0.29, 0.717) is 24.9 Å². The van der Waals surface area contributed by atoms with Gasteiger partial charge in [0.05, 0.1) is 13.2 Å². The van der Waals surface area contributed by atoms with Crippen LogP contribution in [0.15, 0.2) is 53.6 Å². The van der Waals surface area contributed by atoms with Crippen LogP contribution in [-0.2, 0) is 9.53 Å². The van der Waals surface area contributed by atoms with Crippen LogP contribution in [0.3, 0.4) is 0 Å². The molecule has 10 heteroatoms. The van der Waals surface area contributed by atoms with Crippen LogP contribution in [0.2, 0.25) is 0 Å². The first-order chi connectivity index (χ1) is 15.5. The Morgan fingerprint density at radius 2 is 1.94 bits per heavy atom. The first-order valence-corrected chi connectivity index (χ1v) is 11.2. The van der Waals surface area contributed by atoms with Crippen molar-refractivity contribution in [2.75, 3.05) is 43.5 Å². The number of nitrogens with zero attached hydrogens (tertiary/aromatic N) is 2. The summed E-state index contributed by atoms with van der Waals surface area (Å²) < 4.78 is 5.30. The van der Waals surface area contributed by atoms with E-state index in [1.165, 1.54) is 0 Å². The summed E-state index contributed by atoms with van der Waals surface area (Å²) >= 11 is 7.28. The highest BCUT2D eigenvalue weighted by Crippen LogP contribution is 2.32. The number of benzene rings is 2. The fourth-order valence-corrected chi connectivity index (χ4v) is 4.27. The number of hydrogen-bond acceptors (Lipinski definition) is 7. The van der Waals surface area contributed by atoms with Crippen molar-refractivity contribution in [2.45, 2.75) is 0 Å². The lowest BCUT2D eigenvalue weighted by atomic mass is 10.1. The van der Waals surface area contributed by atoms with Gasteiger partial charge in [0.15, 0.2) is 10.8 Å². The number of carbonyl (C=O) groups excluding carboxylic acids is 2. The van der Waals surface area contributed by atoms with Gasteiger partial charge in [-0.15, -0.1) is 0 Å². The van der Waals surface area contributed by atoms with Gasteiger partial charge < -0.3 is 21.1 Å². The summed E-state index contributed by atoms with van der Waals surface area (Å²) in [6.45, 7) is 3.43. The Morgan fingerprint density at radius 1 is 1.19 bits per heavy atom. The van der Waals surface area contributed by atoms with E-state index in [-0.39, 0.29) is 15.7 Å². The maximum absolute atomic E-state index is 12.5. The number of carbonyl (C=O) groups is 2. The highest BCUT2D eigenvalue weighted by Gasteiger charge is 2.20. The number of anilines is 3. The molecule has 0 saturated carbocycles. The van der Waals surface area contributed by atoms with Crippen molar-refractivity contribution in [3.05, 3.63) is 59.3 Å². The fraction of sp³-hybridized carbons (Fsp3) is 0.227. The molecule has 1 aliphatic rings. The van der Waals surface area contributed by atoms with E-state index in [0.717, 1.165) is 40.9 Å². The van der Waals surface area contributed by atoms with Crippen LogP contribution in [0.5, 0.6) is 0 Å². The van der Waals surface area contributed by atoms with Crippen molar-refractivity contribution in [3.8, 4) is 0 Å². The second-order valence-corrected chi connectivity index (χ2v) is 8.57. The van der Waals surface area contributed by atoms with E-state index in [4.69, 9.17) is 22.1 Å². The Hall–Kier alpha value is -2.98. The number of aromatic nitrogens is 1. The molecule has 3 aromatic rings. The zero-order valence-corrected chi connectivity index (χ0v) is 18.7. The number of nitrogens with one attached hydrogen (secondary N) is 2. The zero-order chi connectivity index (χ0) is 22.5. The molecule has 4 rings (SSSR count). The van der Waals surface area contributed by atoms with E-state index >= 15 is 0 Å². The third-order valence-corrected chi connectivity index (χ3v) is 6.15. The lowest BCUT2D eigenvalue weighted by Crippen LogP contribution is -2.36. The monoisotopic (exact) mass is 471 g/mol. The molecule has 2 heterocycles. The van der Waals surface area contributed by atoms with Crippen molar-refractivity contribution < 1.29 is 14.3 Å². The number of thiazole rings is 1. The normalized spacial score (nSPS) is 15.0. The Morgan fingerprint density at radius 3 is 2.69 bits per heavy atom. The van der Waals surface area contributed by atoms with Gasteiger partial charge in [0, 0.05) is 25.3 Å². The number of ether oxygens (including phenoxy) is 1. The number of fused-ring (bicyclic) bond motifs is 1. The van der Waals surface area contributed by atoms with Crippen LogP contribution >= 0.6 is 22.9 Å². The molecule has 1 aliphatic heterocycles. The SMILES string of the molecule is NC(=O)c1nc(Nc2ccc3ccccc3c2)sc1NC(=O)/C(Cl)=C\CN1CCOCC1. The smallest absolute Gasteiger partial charge is 0.270 e. The predicted molar refractivity (Wildman–Crippen MR) is 128 cm³/mol. The van der Waals surface area contributed by atoms with Gasteiger partial charge in [0.1, 0.15) is 10.0 Å². The summed E-state index contributed by atoms with van der Waals surface area (Å²) in [5.41, 5.74) is 6.24. The summed E-state index contributed by atoms with van der Waals surface area (Å²) in [5, 5.41) is 8.69. The number of primary amides is 1. The van der Waals surface area contributed by atoms with Gasteiger partial charge in [-0.05, 0) is 29.0 Å². The minimum absolute atomic E-state index is 0.0238. The molecule has 0 unspecified atom stereocenters. The summed E-state index contributed by atoms with van der Waals surface area (Å²) in [6, 6.07) is 13.9. The molecule has 2 amide bonds. The van der Waals surface area contributed by atoms with Crippen molar-refractivity contribution >= 4 is 61.3 Å². The molecule has 0 aliphatic carbocycles. The maximum Gasteiger partial charge on any atom is 0.270 e. The van der Waals surface area contributed by atoms with Gasteiger partial charge in [0.25, 0.3) is 11.8 Å². The molecule has 166 valence electrons. The van der Waals surface area contributed by atoms with Gasteiger partial charge in [-0.3, -0.25) is 14.5 Å². The van der Waals surface area contributed by atoms with E-state index in [2.05, 4.69) is 20.5 Å². The van der Waals surface area contributed by atoms with Crippen LogP contribution in [0.1, 0.15) is 10.5 Å². The van der Waals surface area contributed by atoms with Crippen molar-refractivity contribution in [2.24, 2.45) is 5.73 Å². The van der Waals surface area contributed by atoms with Gasteiger partial charge in [-0.25, -0.2) is 4.98 Å². The van der Waals surface area contributed by atoms with Crippen LogP contribution in [0.4, 0.5) is 15.8 Å². The summed E-state index contributed by atoms with van der Waals surface area (Å²) in [4.78, 5) is 30.8. The highest BCUT2D eigenvalue weighted by atomic mass is 35.5. The van der Waals surface area contributed by atoms with Crippen LogP contribution in [0.25, 0.3) is 10.8 Å². The molecule has 2 aromatic carbocycles. The first-order valence-electron chi connectivity index (χ1n) is 10.0. The molecular weight excluding hydrogens is 450 g/mol. The highest BCUT2D eigenvalue weighted by molar-refractivity contribution is 7.20. The second kappa shape index (κ2) is 10.1. The minimum Gasteiger partial charge on any atom is -0.379 e. The van der Waals surface area contributed by atoms with E-state index in [1.54, 1.807) is 6.08 Å². The maximum atomic E-state index is 12.5. The first kappa shape index (κ1) is 22.2. The lowest BCUT2D eigenvalue weighted by Gasteiger charge is -2.25. The number of halogens is 1. The molecule has 0 radical (unpaired) electrons. The molecule has 4 N–H and O–H groups in total. The second-order valence-electron chi connectivity index (χ2n) is 7.17. The molecule has 0 spiro atoms. The Labute approximate surface area is 194 Å². The number of nitrogens with two attached hydrogens (primary N) is 1. The van der Waals surface area contributed by atoms with Crippen molar-refractivity contribution in [1.82, 2.24) is 9.88 Å². The third kappa shape index (κ3) is 5.43. The summed E-state index contributed by atoms with van der Waals surface area (Å²) in [5.74, 6) is -1.26. The standard InChI is InChI=1S/C22H22ClN5O3S/c23-17(7-8-28-9-11-31-12-10-28)20(30)27-21-18(19(24)29)26-22(32-21)25-16-6-5-14-3-1-2-4-15(14)13-16/h1-7,13H,8-12H2,(H2,24,29)(H,25,26)(H,27,30)/b17-7+. The molecule has 1 saturated heterocycles. The van der Waals surface area contributed by atoms with E-state index in [9.17, 15) is 9.59 Å². The van der Waals surface area contributed by atoms with Gasteiger partial charge in [-0.1, -0.05) is 53.3 Å². The Bertz CT molecular complexity index is 1170. The molecular formula is C22H22ClN5O3S. The molecule has 1 aromatic heterocycles. The third-order valence-electron chi connectivity index (χ3n) is 4.94. The topological polar surface area (TPSA) is 110 Å². The minimum atomic E-state index is -0.739. The average Bonchev–Trinajstić information content (AvgIpc) is 3.20. The van der Waals surface area contributed by atoms with Crippen molar-refractivity contribution in [1.29, 1.82) is 0 Å². The van der Waals surface area contributed by atoms with Crippen LogP contribution < -0.4 is 16.4 Å². The predicted octanol–water partition coefficient (Wildman–Crippen LogP) is 3.53. The van der Waals surface area contributed by atoms with Crippen LogP contribution in [0, 0.1) is 0 Å². The van der Waals surface area contributed by atoms with E-state index in [1.807, 2.05) is 42.5 Å². The molecule has 1 fully saturated rings. The molecule has 32 heavy (non-hydrogen) atoms. The van der Waals surface area contributed by atoms with Gasteiger partial charge in [-0.2, -0.15) is 0 Å².